The molecule has 2 N–H and O–H groups in total. The minimum absolute atomic E-state index is 0.0134. The Hall–Kier alpha value is -1.91. The minimum atomic E-state index is -1.07. The molecule has 0 fully saturated rings. The van der Waals surface area contributed by atoms with Gasteiger partial charge in [0.05, 0.1) is 19.6 Å². The molecule has 0 bridgehead atoms. The zero-order valence-electron chi connectivity index (χ0n) is 15.4. The average molecular weight is 338 g/mol. The quantitative estimate of drug-likeness (QED) is 0.620. The van der Waals surface area contributed by atoms with Gasteiger partial charge in [-0.1, -0.05) is 39.5 Å². The Bertz CT molecular complexity index is 530. The van der Waals surface area contributed by atoms with Crippen LogP contribution in [0.5, 0.6) is 17.2 Å². The zero-order valence-corrected chi connectivity index (χ0v) is 15.4. The highest BCUT2D eigenvalue weighted by atomic mass is 16.5. The van der Waals surface area contributed by atoms with Crippen LogP contribution in [-0.4, -0.2) is 30.4 Å². The van der Waals surface area contributed by atoms with Crippen LogP contribution < -0.4 is 9.47 Å². The molecule has 2 atom stereocenters. The molecule has 0 amide bonds. The van der Waals surface area contributed by atoms with Crippen molar-refractivity contribution >= 4 is 5.97 Å². The fourth-order valence-electron chi connectivity index (χ4n) is 3.27. The van der Waals surface area contributed by atoms with Crippen molar-refractivity contribution < 1.29 is 24.5 Å². The van der Waals surface area contributed by atoms with Gasteiger partial charge in [0.25, 0.3) is 0 Å². The molecule has 0 aliphatic rings. The fourth-order valence-corrected chi connectivity index (χ4v) is 3.27. The topological polar surface area (TPSA) is 76.0 Å². The Kier molecular flexibility index (Phi) is 7.39. The monoisotopic (exact) mass is 338 g/mol. The van der Waals surface area contributed by atoms with Gasteiger partial charge in [0.1, 0.15) is 0 Å². The second-order valence-electron chi connectivity index (χ2n) is 6.34. The van der Waals surface area contributed by atoms with Gasteiger partial charge in [-0.3, -0.25) is 4.79 Å². The maximum atomic E-state index is 12.2. The molecule has 1 rings (SSSR count). The summed E-state index contributed by atoms with van der Waals surface area (Å²) in [5.74, 6) is -0.558. The van der Waals surface area contributed by atoms with Crippen molar-refractivity contribution in [3.63, 3.8) is 0 Å². The van der Waals surface area contributed by atoms with Crippen LogP contribution in [0.25, 0.3) is 0 Å². The van der Waals surface area contributed by atoms with Crippen LogP contribution in [0.15, 0.2) is 12.1 Å². The standard InChI is InChI=1S/C19H30O5/c1-6-8-9-10-13(7-2)19(3,18(21)22)14-11-15(23-4)17(20)16(12-14)24-5/h11-13,20H,6-10H2,1-5H3,(H,21,22). The Morgan fingerprint density at radius 3 is 2.08 bits per heavy atom. The molecule has 0 aliphatic carbocycles. The predicted octanol–water partition coefficient (Wildman–Crippen LogP) is 4.36. The number of rotatable bonds is 10. The van der Waals surface area contributed by atoms with Crippen molar-refractivity contribution in [2.45, 2.75) is 58.3 Å². The first-order valence-corrected chi connectivity index (χ1v) is 8.55. The van der Waals surface area contributed by atoms with E-state index in [0.29, 0.717) is 5.56 Å². The van der Waals surface area contributed by atoms with E-state index < -0.39 is 11.4 Å². The summed E-state index contributed by atoms with van der Waals surface area (Å²) in [7, 11) is 2.88. The Morgan fingerprint density at radius 1 is 1.17 bits per heavy atom. The Balaban J connectivity index is 3.39. The number of carbonyl (C=O) groups is 1. The molecule has 1 aromatic carbocycles. The number of hydrogen-bond acceptors (Lipinski definition) is 4. The lowest BCUT2D eigenvalue weighted by Gasteiger charge is -2.34. The summed E-state index contributed by atoms with van der Waals surface area (Å²) in [6.07, 6.45) is 4.80. The molecule has 5 heteroatoms. The van der Waals surface area contributed by atoms with Gasteiger partial charge < -0.3 is 19.7 Å². The van der Waals surface area contributed by atoms with E-state index in [9.17, 15) is 15.0 Å². The second-order valence-corrected chi connectivity index (χ2v) is 6.34. The van der Waals surface area contributed by atoms with Crippen molar-refractivity contribution in [2.24, 2.45) is 5.92 Å². The molecule has 0 saturated heterocycles. The summed E-state index contributed by atoms with van der Waals surface area (Å²) in [5.41, 5.74) is -0.485. The maximum absolute atomic E-state index is 12.2. The molecule has 24 heavy (non-hydrogen) atoms. The van der Waals surface area contributed by atoms with Gasteiger partial charge in [-0.2, -0.15) is 0 Å². The van der Waals surface area contributed by atoms with Gasteiger partial charge in [-0.05, 0) is 37.0 Å². The van der Waals surface area contributed by atoms with Gasteiger partial charge >= 0.3 is 5.97 Å². The fraction of sp³-hybridized carbons (Fsp3) is 0.632. The van der Waals surface area contributed by atoms with Crippen molar-refractivity contribution in [1.29, 1.82) is 0 Å². The smallest absolute Gasteiger partial charge is 0.314 e. The number of aromatic hydroxyl groups is 1. The third-order valence-corrected chi connectivity index (χ3v) is 4.99. The number of aliphatic carboxylic acids is 1. The van der Waals surface area contributed by atoms with Crippen LogP contribution in [0.1, 0.15) is 58.4 Å². The molecular formula is C19H30O5. The number of phenols is 1. The van der Waals surface area contributed by atoms with E-state index in [1.165, 1.54) is 14.2 Å². The van der Waals surface area contributed by atoms with Crippen LogP contribution >= 0.6 is 0 Å². The summed E-state index contributed by atoms with van der Waals surface area (Å²) in [4.78, 5) is 12.2. The summed E-state index contributed by atoms with van der Waals surface area (Å²) in [5, 5.41) is 20.1. The Morgan fingerprint density at radius 2 is 1.71 bits per heavy atom. The van der Waals surface area contributed by atoms with E-state index in [1.54, 1.807) is 19.1 Å². The van der Waals surface area contributed by atoms with E-state index >= 15 is 0 Å². The molecule has 0 aliphatic heterocycles. The number of unbranched alkanes of at least 4 members (excludes halogenated alkanes) is 2. The molecule has 1 aromatic rings. The van der Waals surface area contributed by atoms with Crippen LogP contribution in [-0.2, 0) is 10.2 Å². The van der Waals surface area contributed by atoms with Gasteiger partial charge in [0.15, 0.2) is 11.5 Å². The van der Waals surface area contributed by atoms with E-state index in [4.69, 9.17) is 9.47 Å². The number of phenolic OH excluding ortho intramolecular Hbond substituents is 1. The number of ether oxygens (including phenoxy) is 2. The lowest BCUT2D eigenvalue weighted by atomic mass is 9.68. The lowest BCUT2D eigenvalue weighted by molar-refractivity contribution is -0.145. The molecular weight excluding hydrogens is 308 g/mol. The largest absolute Gasteiger partial charge is 0.502 e. The number of benzene rings is 1. The number of carboxylic acids is 1. The van der Waals surface area contributed by atoms with Crippen LogP contribution in [0, 0.1) is 5.92 Å². The third-order valence-electron chi connectivity index (χ3n) is 4.99. The normalized spacial score (nSPS) is 14.7. The lowest BCUT2D eigenvalue weighted by Crippen LogP contribution is -2.40. The number of hydrogen-bond donors (Lipinski definition) is 2. The summed E-state index contributed by atoms with van der Waals surface area (Å²) in [6.45, 7) is 5.90. The van der Waals surface area contributed by atoms with Crippen molar-refractivity contribution in [3.8, 4) is 17.2 Å². The average Bonchev–Trinajstić information content (AvgIpc) is 2.58. The molecule has 2 unspecified atom stereocenters. The highest BCUT2D eigenvalue weighted by Crippen LogP contribution is 2.45. The van der Waals surface area contributed by atoms with Gasteiger partial charge in [0, 0.05) is 0 Å². The Labute approximate surface area is 144 Å². The molecule has 5 nitrogen and oxygen atoms in total. The van der Waals surface area contributed by atoms with Crippen molar-refractivity contribution in [3.05, 3.63) is 17.7 Å². The number of carboxylic acid groups (broad SMARTS) is 1. The number of methoxy groups -OCH3 is 2. The summed E-state index contributed by atoms with van der Waals surface area (Å²) < 4.78 is 10.4. The van der Waals surface area contributed by atoms with Crippen molar-refractivity contribution in [1.82, 2.24) is 0 Å². The summed E-state index contributed by atoms with van der Waals surface area (Å²) >= 11 is 0. The third kappa shape index (κ3) is 3.94. The molecule has 0 heterocycles. The molecule has 0 aromatic heterocycles. The SMILES string of the molecule is CCCCCC(CC)C(C)(C(=O)O)c1cc(OC)c(O)c(OC)c1. The molecule has 0 spiro atoms. The van der Waals surface area contributed by atoms with E-state index in [0.717, 1.165) is 32.1 Å². The van der Waals surface area contributed by atoms with Crippen LogP contribution in [0.2, 0.25) is 0 Å². The predicted molar refractivity (Wildman–Crippen MR) is 94.1 cm³/mol. The van der Waals surface area contributed by atoms with Gasteiger partial charge in [-0.25, -0.2) is 0 Å². The first-order chi connectivity index (χ1) is 11.4. The van der Waals surface area contributed by atoms with Gasteiger partial charge in [-0.15, -0.1) is 0 Å². The van der Waals surface area contributed by atoms with E-state index in [-0.39, 0.29) is 23.2 Å². The summed E-state index contributed by atoms with van der Waals surface area (Å²) in [6, 6.07) is 3.21. The minimum Gasteiger partial charge on any atom is -0.502 e. The maximum Gasteiger partial charge on any atom is 0.314 e. The zero-order chi connectivity index (χ0) is 18.3. The first kappa shape index (κ1) is 20.1. The van der Waals surface area contributed by atoms with Gasteiger partial charge in [0.2, 0.25) is 5.75 Å². The first-order valence-electron chi connectivity index (χ1n) is 8.55. The highest BCUT2D eigenvalue weighted by molar-refractivity contribution is 5.82. The van der Waals surface area contributed by atoms with E-state index in [2.05, 4.69) is 6.92 Å². The molecule has 136 valence electrons. The van der Waals surface area contributed by atoms with Crippen molar-refractivity contribution in [2.75, 3.05) is 14.2 Å². The second kappa shape index (κ2) is 8.81. The molecule has 0 radical (unpaired) electrons. The van der Waals surface area contributed by atoms with Crippen LogP contribution in [0.3, 0.4) is 0 Å². The van der Waals surface area contributed by atoms with E-state index in [1.807, 2.05) is 6.92 Å². The van der Waals surface area contributed by atoms with Crippen LogP contribution in [0.4, 0.5) is 0 Å². The molecule has 0 saturated carbocycles. The highest BCUT2D eigenvalue weighted by Gasteiger charge is 2.42.